The van der Waals surface area contributed by atoms with Gasteiger partial charge in [-0.3, -0.25) is 0 Å². The van der Waals surface area contributed by atoms with Gasteiger partial charge in [0.2, 0.25) is 0 Å². The molecule has 0 saturated carbocycles. The summed E-state index contributed by atoms with van der Waals surface area (Å²) >= 11 is 2.11. The van der Waals surface area contributed by atoms with E-state index in [-0.39, 0.29) is 17.1 Å². The van der Waals surface area contributed by atoms with Crippen molar-refractivity contribution >= 4 is 0 Å². The van der Waals surface area contributed by atoms with Crippen LogP contribution >= 0.6 is 0 Å². The largest absolute Gasteiger partial charge is 0 e. The van der Waals surface area contributed by atoms with Crippen LogP contribution in [0.15, 0.2) is 0 Å². The van der Waals surface area contributed by atoms with Crippen LogP contribution in [0.5, 0.6) is 0 Å². The van der Waals surface area contributed by atoms with Crippen LogP contribution in [0.1, 0.15) is 0 Å². The number of nitriles is 1. The summed E-state index contributed by atoms with van der Waals surface area (Å²) in [5.74, 6) is 0. The van der Waals surface area contributed by atoms with E-state index in [0.717, 1.165) is 0 Å². The van der Waals surface area contributed by atoms with Crippen molar-refractivity contribution in [2.45, 2.75) is 0 Å². The SMILES string of the molecule is N#[C][Cr].[Cu]. The van der Waals surface area contributed by atoms with Gasteiger partial charge in [-0.1, -0.05) is 0 Å². The summed E-state index contributed by atoms with van der Waals surface area (Å²) < 4.78 is 0. The van der Waals surface area contributed by atoms with Crippen LogP contribution in [0.2, 0.25) is 0 Å². The molecule has 0 heterocycles. The average Bonchev–Trinajstić information content (AvgIpc) is 0.918. The Kier molecular flexibility index (Phi) is 21.2. The second kappa shape index (κ2) is 9.63. The van der Waals surface area contributed by atoms with E-state index in [1.165, 1.54) is 0 Å². The summed E-state index contributed by atoms with van der Waals surface area (Å²) in [5, 5.41) is 7.26. The van der Waals surface area contributed by atoms with E-state index in [4.69, 9.17) is 5.26 Å². The summed E-state index contributed by atoms with van der Waals surface area (Å²) in [6.45, 7) is 0. The molecule has 1 radical (unpaired) electrons. The van der Waals surface area contributed by atoms with Crippen LogP contribution in [-0.2, 0) is 33.4 Å². The van der Waals surface area contributed by atoms with Crippen molar-refractivity contribution < 1.29 is 33.4 Å². The normalized spacial score (nSPS) is 1.75. The first kappa shape index (κ1) is 8.82. The fourth-order valence-corrected chi connectivity index (χ4v) is 0. The Labute approximate surface area is 43.9 Å². The topological polar surface area (TPSA) is 23.8 Å². The van der Waals surface area contributed by atoms with Crippen molar-refractivity contribution in [3.05, 3.63) is 0 Å². The van der Waals surface area contributed by atoms with Crippen LogP contribution in [0.25, 0.3) is 0 Å². The molecule has 0 aliphatic heterocycles. The summed E-state index contributed by atoms with van der Waals surface area (Å²) in [7, 11) is 0. The Bertz CT molecular complexity index is 29.5. The Morgan fingerprint density at radius 1 is 1.75 bits per heavy atom. The fourth-order valence-electron chi connectivity index (χ4n) is 0. The maximum Gasteiger partial charge on any atom is 0 e. The Hall–Kier alpha value is 0.542. The van der Waals surface area contributed by atoms with Gasteiger partial charge in [0.25, 0.3) is 0 Å². The van der Waals surface area contributed by atoms with Crippen molar-refractivity contribution in [1.29, 1.82) is 5.26 Å². The van der Waals surface area contributed by atoms with Crippen LogP contribution < -0.4 is 0 Å². The molecule has 3 heteroatoms. The Balaban J connectivity index is 0. The van der Waals surface area contributed by atoms with Gasteiger partial charge in [0.05, 0.1) is 0 Å². The van der Waals surface area contributed by atoms with Crippen LogP contribution in [-0.4, -0.2) is 0 Å². The van der Waals surface area contributed by atoms with Gasteiger partial charge in [-0.2, -0.15) is 0 Å². The van der Waals surface area contributed by atoms with Crippen molar-refractivity contribution in [1.82, 2.24) is 0 Å². The molecular formula is CCrCuN. The third-order valence-corrected chi connectivity index (χ3v) is 0. The smallest absolute Gasteiger partial charge is 0 e. The van der Waals surface area contributed by atoms with Crippen LogP contribution in [0, 0.1) is 10.2 Å². The molecule has 0 unspecified atom stereocenters. The van der Waals surface area contributed by atoms with Gasteiger partial charge in [-0.05, 0) is 0 Å². The van der Waals surface area contributed by atoms with E-state index in [0.29, 0.717) is 0 Å². The molecule has 0 fully saturated rings. The van der Waals surface area contributed by atoms with E-state index in [1.807, 2.05) is 0 Å². The van der Waals surface area contributed by atoms with Gasteiger partial charge in [0.15, 0.2) is 0 Å². The first-order valence-corrected chi connectivity index (χ1v) is 1.07. The van der Waals surface area contributed by atoms with E-state index in [2.05, 4.69) is 16.3 Å². The summed E-state index contributed by atoms with van der Waals surface area (Å²) in [5.41, 5.74) is 0. The molecule has 0 aliphatic carbocycles. The van der Waals surface area contributed by atoms with Gasteiger partial charge in [-0.25, -0.2) is 0 Å². The number of nitrogens with zero attached hydrogens (tertiary/aromatic N) is 1. The van der Waals surface area contributed by atoms with Crippen molar-refractivity contribution in [2.75, 3.05) is 0 Å². The van der Waals surface area contributed by atoms with Crippen molar-refractivity contribution in [3.63, 3.8) is 0 Å². The van der Waals surface area contributed by atoms with E-state index in [9.17, 15) is 0 Å². The molecule has 0 saturated heterocycles. The minimum Gasteiger partial charge on any atom is 0 e. The zero-order valence-corrected chi connectivity index (χ0v) is 3.87. The maximum absolute atomic E-state index is 7.26. The summed E-state index contributed by atoms with van der Waals surface area (Å²) in [6.07, 6.45) is 0. The molecule has 1 nitrogen and oxygen atoms in total. The minimum absolute atomic E-state index is 0. The summed E-state index contributed by atoms with van der Waals surface area (Å²) in [4.78, 5) is 1.62. The third kappa shape index (κ3) is 20.6. The predicted octanol–water partition coefficient (Wildman–Crippen LogP) is 0.0118. The van der Waals surface area contributed by atoms with Gasteiger partial charge >= 0.3 is 26.5 Å². The summed E-state index contributed by atoms with van der Waals surface area (Å²) in [6, 6.07) is 0. The monoisotopic (exact) mass is 141 g/mol. The zero-order chi connectivity index (χ0) is 2.71. The molecule has 0 aromatic rings. The minimum atomic E-state index is 0. The molecule has 0 aromatic heterocycles. The van der Waals surface area contributed by atoms with Gasteiger partial charge in [0, 0.05) is 17.1 Å². The molecule has 0 bridgehead atoms. The Morgan fingerprint density at radius 3 is 1.75 bits per heavy atom. The molecule has 0 atom stereocenters. The number of rotatable bonds is 0. The molecule has 0 spiro atoms. The van der Waals surface area contributed by atoms with Gasteiger partial charge < -0.3 is 0 Å². The van der Waals surface area contributed by atoms with Crippen LogP contribution in [0.3, 0.4) is 0 Å². The standard InChI is InChI=1S/CN.Cr.Cu/c1-2;;. The second-order valence-corrected chi connectivity index (χ2v) is 0.376. The quantitative estimate of drug-likeness (QED) is 0.436. The molecule has 26 valence electrons. The molecule has 0 aliphatic rings. The average molecular weight is 142 g/mol. The fraction of sp³-hybridized carbons (Fsp3) is 0. The molecule has 0 rings (SSSR count). The predicted molar refractivity (Wildman–Crippen MR) is 5.61 cm³/mol. The molecule has 4 heavy (non-hydrogen) atoms. The van der Waals surface area contributed by atoms with Crippen LogP contribution in [0.4, 0.5) is 0 Å². The Morgan fingerprint density at radius 2 is 1.75 bits per heavy atom. The van der Waals surface area contributed by atoms with Crippen molar-refractivity contribution in [3.8, 4) is 4.93 Å². The second-order valence-electron chi connectivity index (χ2n) is 0.0913. The first-order chi connectivity index (χ1) is 1.41. The van der Waals surface area contributed by atoms with E-state index in [1.54, 1.807) is 4.93 Å². The van der Waals surface area contributed by atoms with E-state index < -0.39 is 0 Å². The van der Waals surface area contributed by atoms with Gasteiger partial charge in [0.1, 0.15) is 0 Å². The van der Waals surface area contributed by atoms with Crippen molar-refractivity contribution in [2.24, 2.45) is 0 Å². The van der Waals surface area contributed by atoms with Gasteiger partial charge in [-0.15, -0.1) is 0 Å². The molecular weight excluding hydrogens is 142 g/mol. The number of hydrogen-bond acceptors (Lipinski definition) is 1. The van der Waals surface area contributed by atoms with E-state index >= 15 is 0 Å². The third-order valence-electron chi connectivity index (χ3n) is 0. The molecule has 0 N–H and O–H groups in total. The first-order valence-electron chi connectivity index (χ1n) is 0.428. The maximum atomic E-state index is 7.26. The zero-order valence-electron chi connectivity index (χ0n) is 1.66. The number of hydrogen-bond donors (Lipinski definition) is 0. The molecule has 0 amide bonds. The molecule has 0 aromatic carbocycles.